The number of hydrogen-bond acceptors (Lipinski definition) is 0. The highest BCUT2D eigenvalue weighted by Crippen LogP contribution is 2.42. The minimum absolute atomic E-state index is 0. The van der Waals surface area contributed by atoms with Gasteiger partial charge in [-0.05, 0) is 81.5 Å². The molecule has 0 bridgehead atoms. The zero-order valence-corrected chi connectivity index (χ0v) is 11.2. The average Bonchev–Trinajstić information content (AvgIpc) is 2.40. The second-order valence-electron chi connectivity index (χ2n) is 6.22. The molecule has 0 aliphatic heterocycles. The topological polar surface area (TPSA) is 0 Å². The van der Waals surface area contributed by atoms with Crippen molar-refractivity contribution in [3.8, 4) is 0 Å². The summed E-state index contributed by atoms with van der Waals surface area (Å²) in [6.07, 6.45) is 17.2. The fourth-order valence-corrected chi connectivity index (χ4v) is 3.98. The molecular weight excluding hydrogens is 240 g/mol. The molecule has 2 rings (SSSR count). The summed E-state index contributed by atoms with van der Waals surface area (Å²) in [6, 6.07) is 0. The first kappa shape index (κ1) is 21.8. The van der Waals surface area contributed by atoms with Crippen molar-refractivity contribution in [3.05, 3.63) is 25.3 Å². The van der Waals surface area contributed by atoms with Crippen LogP contribution in [0.2, 0.25) is 0 Å². The molecule has 2 fully saturated rings. The molecule has 0 atom stereocenters. The highest BCUT2D eigenvalue weighted by atomic mass is 14.3. The molecule has 0 unspecified atom stereocenters. The molecule has 0 radical (unpaired) electrons. The first-order valence-electron chi connectivity index (χ1n) is 7.57. The fraction of sp³-hybridized carbons (Fsp3) is 0.800. The van der Waals surface area contributed by atoms with E-state index in [1.54, 1.807) is 0 Å². The number of allylic oxidation sites excluding steroid dienone is 2. The van der Waals surface area contributed by atoms with E-state index in [2.05, 4.69) is 25.3 Å². The van der Waals surface area contributed by atoms with Gasteiger partial charge < -0.3 is 0 Å². The molecule has 20 heavy (non-hydrogen) atoms. The molecule has 2 aliphatic carbocycles. The lowest BCUT2D eigenvalue weighted by molar-refractivity contribution is 0.156. The Hall–Kier alpha value is -0.520. The van der Waals surface area contributed by atoms with Crippen LogP contribution in [-0.4, -0.2) is 0 Å². The Balaban J connectivity index is 0. The van der Waals surface area contributed by atoms with Crippen molar-refractivity contribution in [3.63, 3.8) is 0 Å². The van der Waals surface area contributed by atoms with Gasteiger partial charge in [-0.25, -0.2) is 0 Å². The molecule has 0 saturated heterocycles. The van der Waals surface area contributed by atoms with E-state index >= 15 is 0 Å². The molecule has 2 aliphatic rings. The van der Waals surface area contributed by atoms with E-state index in [4.69, 9.17) is 0 Å². The lowest BCUT2D eigenvalue weighted by Gasteiger charge is -2.37. The third-order valence-corrected chi connectivity index (χ3v) is 5.21. The average molecular weight is 281 g/mol. The molecule has 0 aromatic heterocycles. The summed E-state index contributed by atoms with van der Waals surface area (Å²) >= 11 is 0. The van der Waals surface area contributed by atoms with Crippen LogP contribution in [0.15, 0.2) is 25.3 Å². The Morgan fingerprint density at radius 2 is 1.15 bits per heavy atom. The predicted molar refractivity (Wildman–Crippen MR) is 96.1 cm³/mol. The Morgan fingerprint density at radius 1 is 0.700 bits per heavy atom. The van der Waals surface area contributed by atoms with E-state index in [1.165, 1.54) is 57.8 Å². The Labute approximate surface area is 129 Å². The number of rotatable bonds is 4. The first-order chi connectivity index (χ1) is 8.33. The highest BCUT2D eigenvalue weighted by Gasteiger charge is 2.29. The molecule has 0 heteroatoms. The molecule has 0 N–H and O–H groups in total. The van der Waals surface area contributed by atoms with Crippen LogP contribution in [0.4, 0.5) is 0 Å². The van der Waals surface area contributed by atoms with Crippen LogP contribution in [0.25, 0.3) is 0 Å². The van der Waals surface area contributed by atoms with E-state index in [0.717, 1.165) is 23.7 Å². The fourth-order valence-electron chi connectivity index (χ4n) is 3.98. The van der Waals surface area contributed by atoms with Crippen LogP contribution < -0.4 is 0 Å². The van der Waals surface area contributed by atoms with Crippen LogP contribution in [0, 0.1) is 23.7 Å². The van der Waals surface area contributed by atoms with Gasteiger partial charge in [0.1, 0.15) is 0 Å². The Kier molecular flexibility index (Phi) is 12.2. The van der Waals surface area contributed by atoms with Gasteiger partial charge in [-0.15, -0.1) is 13.2 Å². The van der Waals surface area contributed by atoms with E-state index in [1.807, 2.05) is 0 Å². The molecule has 120 valence electrons. The van der Waals surface area contributed by atoms with Crippen molar-refractivity contribution in [2.24, 2.45) is 23.7 Å². The van der Waals surface area contributed by atoms with Gasteiger partial charge in [-0.1, -0.05) is 34.4 Å². The third-order valence-electron chi connectivity index (χ3n) is 5.21. The van der Waals surface area contributed by atoms with Gasteiger partial charge in [0.25, 0.3) is 0 Å². The molecule has 0 amide bonds. The first-order valence-corrected chi connectivity index (χ1v) is 7.57. The van der Waals surface area contributed by atoms with Crippen molar-refractivity contribution in [2.75, 3.05) is 0 Å². The van der Waals surface area contributed by atoms with E-state index in [-0.39, 0.29) is 22.3 Å². The summed E-state index contributed by atoms with van der Waals surface area (Å²) in [4.78, 5) is 0. The molecule has 0 aromatic carbocycles. The summed E-state index contributed by atoms with van der Waals surface area (Å²) in [5, 5.41) is 0. The molecule has 0 heterocycles. The van der Waals surface area contributed by atoms with Gasteiger partial charge in [0.05, 0.1) is 0 Å². The van der Waals surface area contributed by atoms with E-state index < -0.39 is 0 Å². The SMILES string of the molecule is C.C.C.C=CCC1CCC(C2CCC(C=C)CC2)CC1. The standard InChI is InChI=1S/C17H28.3CH4/c1-3-5-15-8-12-17(13-9-15)16-10-6-14(4-2)7-11-16;;;/h3-4,14-17H,1-2,5-13H2;3*1H4. The summed E-state index contributed by atoms with van der Waals surface area (Å²) in [7, 11) is 0. The van der Waals surface area contributed by atoms with Crippen molar-refractivity contribution >= 4 is 0 Å². The summed E-state index contributed by atoms with van der Waals surface area (Å²) in [5.41, 5.74) is 0. The van der Waals surface area contributed by atoms with Crippen molar-refractivity contribution < 1.29 is 0 Å². The van der Waals surface area contributed by atoms with Gasteiger partial charge >= 0.3 is 0 Å². The monoisotopic (exact) mass is 280 g/mol. The second kappa shape index (κ2) is 11.2. The molecular formula is C20H40. The minimum Gasteiger partial charge on any atom is -0.103 e. The molecule has 0 spiro atoms. The van der Waals surface area contributed by atoms with Crippen molar-refractivity contribution in [2.45, 2.75) is 80.1 Å². The van der Waals surface area contributed by atoms with Crippen LogP contribution in [-0.2, 0) is 0 Å². The highest BCUT2D eigenvalue weighted by molar-refractivity contribution is 4.88. The summed E-state index contributed by atoms with van der Waals surface area (Å²) < 4.78 is 0. The van der Waals surface area contributed by atoms with Crippen LogP contribution in [0.3, 0.4) is 0 Å². The van der Waals surface area contributed by atoms with Gasteiger partial charge in [0.15, 0.2) is 0 Å². The maximum absolute atomic E-state index is 3.94. The third kappa shape index (κ3) is 5.85. The van der Waals surface area contributed by atoms with Crippen molar-refractivity contribution in [1.29, 1.82) is 0 Å². The lowest BCUT2D eigenvalue weighted by atomic mass is 9.69. The summed E-state index contributed by atoms with van der Waals surface area (Å²) in [5.74, 6) is 3.86. The summed E-state index contributed by atoms with van der Waals surface area (Å²) in [6.45, 7) is 7.81. The second-order valence-corrected chi connectivity index (χ2v) is 6.22. The van der Waals surface area contributed by atoms with Crippen LogP contribution in [0.5, 0.6) is 0 Å². The zero-order chi connectivity index (χ0) is 12.1. The van der Waals surface area contributed by atoms with Crippen LogP contribution >= 0.6 is 0 Å². The van der Waals surface area contributed by atoms with Crippen LogP contribution in [0.1, 0.15) is 80.1 Å². The lowest BCUT2D eigenvalue weighted by Crippen LogP contribution is -2.25. The normalized spacial score (nSPS) is 32.8. The van der Waals surface area contributed by atoms with Gasteiger partial charge in [-0.3, -0.25) is 0 Å². The molecule has 0 aromatic rings. The number of hydrogen-bond donors (Lipinski definition) is 0. The maximum Gasteiger partial charge on any atom is -0.0236 e. The molecule has 0 nitrogen and oxygen atoms in total. The Morgan fingerprint density at radius 3 is 1.55 bits per heavy atom. The minimum atomic E-state index is 0. The smallest absolute Gasteiger partial charge is 0.0236 e. The Bertz CT molecular complexity index is 237. The largest absolute Gasteiger partial charge is 0.103 e. The predicted octanol–water partition coefficient (Wildman–Crippen LogP) is 7.27. The zero-order valence-electron chi connectivity index (χ0n) is 11.2. The van der Waals surface area contributed by atoms with Gasteiger partial charge in [0, 0.05) is 0 Å². The van der Waals surface area contributed by atoms with Gasteiger partial charge in [0.2, 0.25) is 0 Å². The maximum atomic E-state index is 3.94. The quantitative estimate of drug-likeness (QED) is 0.475. The van der Waals surface area contributed by atoms with Crippen molar-refractivity contribution in [1.82, 2.24) is 0 Å². The van der Waals surface area contributed by atoms with E-state index in [0.29, 0.717) is 0 Å². The molecule has 2 saturated carbocycles. The van der Waals surface area contributed by atoms with E-state index in [9.17, 15) is 0 Å². The van der Waals surface area contributed by atoms with Gasteiger partial charge in [-0.2, -0.15) is 0 Å².